The van der Waals surface area contributed by atoms with Crippen molar-refractivity contribution in [3.63, 3.8) is 0 Å². The number of ether oxygens (including phenoxy) is 1. The molecule has 1 N–H and O–H groups in total. The van der Waals surface area contributed by atoms with Gasteiger partial charge in [0, 0.05) is 0 Å². The van der Waals surface area contributed by atoms with Gasteiger partial charge in [0.25, 0.3) is 0 Å². The summed E-state index contributed by atoms with van der Waals surface area (Å²) in [6.45, 7) is 8.78. The van der Waals surface area contributed by atoms with Crippen LogP contribution in [0.3, 0.4) is 0 Å². The maximum absolute atomic E-state index is 11.4. The van der Waals surface area contributed by atoms with Gasteiger partial charge < -0.3 is 9.84 Å². The third-order valence-corrected chi connectivity index (χ3v) is 1.73. The largest absolute Gasteiger partial charge is 0.481 e. The molecule has 19 heavy (non-hydrogen) atoms. The molecule has 0 aliphatic carbocycles. The smallest absolute Gasteiger partial charge is 0.338 e. The fourth-order valence-corrected chi connectivity index (χ4v) is 1.03. The van der Waals surface area contributed by atoms with Gasteiger partial charge in [-0.05, 0) is 32.9 Å². The number of aliphatic carboxylic acids is 1. The molecule has 0 saturated carbocycles. The van der Waals surface area contributed by atoms with Gasteiger partial charge in [0.2, 0.25) is 0 Å². The molecule has 0 aliphatic rings. The minimum absolute atomic E-state index is 0.0556. The van der Waals surface area contributed by atoms with Gasteiger partial charge >= 0.3 is 11.9 Å². The number of rotatable bonds is 3. The van der Waals surface area contributed by atoms with Crippen molar-refractivity contribution < 1.29 is 19.4 Å². The van der Waals surface area contributed by atoms with Crippen LogP contribution in [0.15, 0.2) is 43.0 Å². The average Bonchev–Trinajstić information content (AvgIpc) is 2.28. The summed E-state index contributed by atoms with van der Waals surface area (Å²) in [7, 11) is 0. The van der Waals surface area contributed by atoms with E-state index in [1.165, 1.54) is 6.08 Å². The van der Waals surface area contributed by atoms with Gasteiger partial charge in [0.15, 0.2) is 0 Å². The molecule has 0 fully saturated rings. The number of hydrogen-bond acceptors (Lipinski definition) is 3. The summed E-state index contributed by atoms with van der Waals surface area (Å²) in [5.74, 6) is -1.10. The molecule has 1 aromatic carbocycles. The van der Waals surface area contributed by atoms with Crippen LogP contribution in [-0.4, -0.2) is 22.6 Å². The lowest BCUT2D eigenvalue weighted by atomic mass is 10.2. The first-order chi connectivity index (χ1) is 8.76. The van der Waals surface area contributed by atoms with Gasteiger partial charge in [-0.25, -0.2) is 4.79 Å². The first-order valence-corrected chi connectivity index (χ1v) is 5.87. The molecule has 0 unspecified atom stereocenters. The number of benzene rings is 1. The Morgan fingerprint density at radius 2 is 1.79 bits per heavy atom. The molecule has 0 spiro atoms. The second-order valence-electron chi connectivity index (χ2n) is 4.75. The lowest BCUT2D eigenvalue weighted by Gasteiger charge is -2.19. The molecule has 0 heterocycles. The summed E-state index contributed by atoms with van der Waals surface area (Å²) >= 11 is 0. The van der Waals surface area contributed by atoms with Crippen molar-refractivity contribution in [3.05, 3.63) is 48.6 Å². The third-order valence-electron chi connectivity index (χ3n) is 1.73. The Morgan fingerprint density at radius 3 is 2.11 bits per heavy atom. The normalized spacial score (nSPS) is 9.84. The molecule has 104 valence electrons. The van der Waals surface area contributed by atoms with E-state index in [-0.39, 0.29) is 12.4 Å². The monoisotopic (exact) mass is 264 g/mol. The van der Waals surface area contributed by atoms with Crippen molar-refractivity contribution >= 4 is 11.9 Å². The van der Waals surface area contributed by atoms with Crippen LogP contribution in [0, 0.1) is 0 Å². The fraction of sp³-hybridized carbons (Fsp3) is 0.333. The summed E-state index contributed by atoms with van der Waals surface area (Å²) in [5.41, 5.74) is 0.171. The first kappa shape index (κ1) is 16.9. The number of esters is 1. The van der Waals surface area contributed by atoms with Crippen molar-refractivity contribution in [2.45, 2.75) is 32.8 Å². The molecule has 1 aromatic rings. The molecule has 0 saturated heterocycles. The maximum atomic E-state index is 11.4. The average molecular weight is 264 g/mol. The van der Waals surface area contributed by atoms with Gasteiger partial charge in [-0.1, -0.05) is 24.3 Å². The van der Waals surface area contributed by atoms with Crippen LogP contribution < -0.4 is 0 Å². The second-order valence-corrected chi connectivity index (χ2v) is 4.75. The van der Waals surface area contributed by atoms with Gasteiger partial charge in [-0.3, -0.25) is 4.79 Å². The van der Waals surface area contributed by atoms with E-state index in [0.29, 0.717) is 5.56 Å². The van der Waals surface area contributed by atoms with Crippen LogP contribution in [0.1, 0.15) is 37.6 Å². The second kappa shape index (κ2) is 8.08. The number of carbonyl (C=O) groups is 2. The third kappa shape index (κ3) is 9.59. The summed E-state index contributed by atoms with van der Waals surface area (Å²) in [5, 5.41) is 7.84. The number of carboxylic acid groups (broad SMARTS) is 1. The van der Waals surface area contributed by atoms with E-state index in [0.717, 1.165) is 0 Å². The zero-order valence-corrected chi connectivity index (χ0v) is 11.6. The number of carbonyl (C=O) groups excluding carboxylic acids is 1. The first-order valence-electron chi connectivity index (χ1n) is 5.87. The highest BCUT2D eigenvalue weighted by Crippen LogP contribution is 2.11. The van der Waals surface area contributed by atoms with Crippen LogP contribution >= 0.6 is 0 Å². The predicted octanol–water partition coefficient (Wildman–Crippen LogP) is 3.29. The molecule has 0 atom stereocenters. The summed E-state index contributed by atoms with van der Waals surface area (Å²) < 4.78 is 5.18. The van der Waals surface area contributed by atoms with Crippen LogP contribution in [0.2, 0.25) is 0 Å². The molecule has 0 aromatic heterocycles. The Bertz CT molecular complexity index is 416. The Labute approximate surface area is 113 Å². The standard InChI is InChI=1S/C11H14O2.C4H6O2/c1-11(2,3)13-10(12)9-7-5-4-6-8-9;1-2-3-4(5)6/h4-8H,1-3H3;2H,1,3H2,(H,5,6). The Balaban J connectivity index is 0.000000459. The molecular weight excluding hydrogens is 244 g/mol. The quantitative estimate of drug-likeness (QED) is 0.672. The lowest BCUT2D eigenvalue weighted by Crippen LogP contribution is -2.23. The molecule has 0 amide bonds. The van der Waals surface area contributed by atoms with Crippen molar-refractivity contribution in [2.75, 3.05) is 0 Å². The van der Waals surface area contributed by atoms with Gasteiger partial charge in [-0.2, -0.15) is 0 Å². The van der Waals surface area contributed by atoms with Gasteiger partial charge in [-0.15, -0.1) is 6.58 Å². The lowest BCUT2D eigenvalue weighted by molar-refractivity contribution is -0.136. The van der Waals surface area contributed by atoms with Crippen molar-refractivity contribution in [1.29, 1.82) is 0 Å². The highest BCUT2D eigenvalue weighted by molar-refractivity contribution is 5.89. The molecule has 0 aliphatic heterocycles. The molecule has 1 rings (SSSR count). The van der Waals surface area contributed by atoms with Crippen molar-refractivity contribution in [3.8, 4) is 0 Å². The summed E-state index contributed by atoms with van der Waals surface area (Å²) in [4.78, 5) is 21.0. The van der Waals surface area contributed by atoms with Gasteiger partial charge in [0.05, 0.1) is 12.0 Å². The summed E-state index contributed by atoms with van der Waals surface area (Å²) in [6.07, 6.45) is 1.41. The Hall–Kier alpha value is -2.10. The van der Waals surface area contributed by atoms with E-state index in [1.807, 2.05) is 39.0 Å². The summed E-state index contributed by atoms with van der Waals surface area (Å²) in [6, 6.07) is 8.99. The highest BCUT2D eigenvalue weighted by atomic mass is 16.6. The zero-order chi connectivity index (χ0) is 14.9. The van der Waals surface area contributed by atoms with E-state index >= 15 is 0 Å². The van der Waals surface area contributed by atoms with Crippen LogP contribution in [0.4, 0.5) is 0 Å². The van der Waals surface area contributed by atoms with Crippen molar-refractivity contribution in [2.24, 2.45) is 0 Å². The van der Waals surface area contributed by atoms with Gasteiger partial charge in [0.1, 0.15) is 5.60 Å². The highest BCUT2D eigenvalue weighted by Gasteiger charge is 2.16. The Morgan fingerprint density at radius 1 is 1.26 bits per heavy atom. The minimum Gasteiger partial charge on any atom is -0.481 e. The number of carboxylic acids is 1. The van der Waals surface area contributed by atoms with Crippen LogP contribution in [0.5, 0.6) is 0 Å². The van der Waals surface area contributed by atoms with E-state index in [2.05, 4.69) is 6.58 Å². The van der Waals surface area contributed by atoms with Crippen LogP contribution in [-0.2, 0) is 9.53 Å². The van der Waals surface area contributed by atoms with E-state index in [9.17, 15) is 9.59 Å². The Kier molecular flexibility index (Phi) is 7.19. The van der Waals surface area contributed by atoms with E-state index in [4.69, 9.17) is 9.84 Å². The molecule has 0 radical (unpaired) electrons. The fourth-order valence-electron chi connectivity index (χ4n) is 1.03. The molecule has 0 bridgehead atoms. The molecule has 4 nitrogen and oxygen atoms in total. The minimum atomic E-state index is -0.829. The molecule has 4 heteroatoms. The van der Waals surface area contributed by atoms with Crippen molar-refractivity contribution in [1.82, 2.24) is 0 Å². The van der Waals surface area contributed by atoms with E-state index < -0.39 is 11.6 Å². The SMILES string of the molecule is C=CCC(=O)O.CC(C)(C)OC(=O)c1ccccc1. The zero-order valence-electron chi connectivity index (χ0n) is 11.6. The van der Waals surface area contributed by atoms with Crippen LogP contribution in [0.25, 0.3) is 0 Å². The maximum Gasteiger partial charge on any atom is 0.338 e. The molecular formula is C15H20O4. The topological polar surface area (TPSA) is 63.6 Å². The predicted molar refractivity (Wildman–Crippen MR) is 74.1 cm³/mol. The number of hydrogen-bond donors (Lipinski definition) is 1. The van der Waals surface area contributed by atoms with E-state index in [1.54, 1.807) is 12.1 Å².